The molecule has 2 aromatic carbocycles. The Hall–Kier alpha value is -1.96. The largest absolute Gasteiger partial charge is 0.494 e. The molecule has 0 saturated carbocycles. The first-order chi connectivity index (χ1) is 12.7. The van der Waals surface area contributed by atoms with Crippen LogP contribution in [0, 0.1) is 6.92 Å². The molecule has 1 aliphatic rings. The molecular formula is C18H18Cl2N2O4S. The molecule has 0 radical (unpaired) electrons. The van der Waals surface area contributed by atoms with E-state index >= 15 is 0 Å². The minimum absolute atomic E-state index is 0.0186. The zero-order valence-electron chi connectivity index (χ0n) is 14.8. The molecule has 2 aromatic rings. The van der Waals surface area contributed by atoms with E-state index in [4.69, 9.17) is 27.9 Å². The van der Waals surface area contributed by atoms with Crippen molar-refractivity contribution < 1.29 is 17.9 Å². The fraction of sp³-hybridized carbons (Fsp3) is 0.278. The second-order valence-electron chi connectivity index (χ2n) is 6.17. The number of rotatable bonds is 5. The first-order valence-corrected chi connectivity index (χ1v) is 10.4. The number of nitrogens with zero attached hydrogens (tertiary/aromatic N) is 1. The molecule has 1 N–H and O–H groups in total. The number of anilines is 2. The maximum atomic E-state index is 12.7. The molecule has 144 valence electrons. The highest BCUT2D eigenvalue weighted by Crippen LogP contribution is 2.35. The summed E-state index contributed by atoms with van der Waals surface area (Å²) in [5.41, 5.74) is 1.51. The van der Waals surface area contributed by atoms with Gasteiger partial charge in [0.05, 0.1) is 23.5 Å². The maximum absolute atomic E-state index is 12.7. The SMILES string of the molecule is COc1cc(NS(=O)(=O)c2cc(C)c(Cl)cc2Cl)ccc1N1CCCC1=O. The normalized spacial score (nSPS) is 14.5. The lowest BCUT2D eigenvalue weighted by molar-refractivity contribution is -0.117. The van der Waals surface area contributed by atoms with Gasteiger partial charge in [0.2, 0.25) is 5.91 Å². The monoisotopic (exact) mass is 428 g/mol. The summed E-state index contributed by atoms with van der Waals surface area (Å²) >= 11 is 12.0. The smallest absolute Gasteiger partial charge is 0.263 e. The molecule has 1 fully saturated rings. The van der Waals surface area contributed by atoms with E-state index in [9.17, 15) is 13.2 Å². The molecule has 3 rings (SSSR count). The third-order valence-corrected chi connectivity index (χ3v) is 6.55. The van der Waals surface area contributed by atoms with E-state index in [1.54, 1.807) is 24.0 Å². The van der Waals surface area contributed by atoms with Crippen LogP contribution < -0.4 is 14.4 Å². The number of hydrogen-bond donors (Lipinski definition) is 1. The van der Waals surface area contributed by atoms with Gasteiger partial charge >= 0.3 is 0 Å². The van der Waals surface area contributed by atoms with Gasteiger partial charge in [0.1, 0.15) is 10.6 Å². The molecule has 0 aromatic heterocycles. The fourth-order valence-electron chi connectivity index (χ4n) is 2.91. The number of carbonyl (C=O) groups excluding carboxylic acids is 1. The molecule has 0 aliphatic carbocycles. The highest BCUT2D eigenvalue weighted by atomic mass is 35.5. The molecule has 0 atom stereocenters. The summed E-state index contributed by atoms with van der Waals surface area (Å²) < 4.78 is 33.3. The zero-order valence-corrected chi connectivity index (χ0v) is 17.1. The number of hydrogen-bond acceptors (Lipinski definition) is 4. The third-order valence-electron chi connectivity index (χ3n) is 4.30. The van der Waals surface area contributed by atoms with Crippen molar-refractivity contribution in [3.63, 3.8) is 0 Å². The summed E-state index contributed by atoms with van der Waals surface area (Å²) in [7, 11) is -2.46. The van der Waals surface area contributed by atoms with Gasteiger partial charge in [0.15, 0.2) is 0 Å². The topological polar surface area (TPSA) is 75.7 Å². The van der Waals surface area contributed by atoms with E-state index in [0.717, 1.165) is 6.42 Å². The number of sulfonamides is 1. The van der Waals surface area contributed by atoms with Crippen LogP contribution in [-0.2, 0) is 14.8 Å². The van der Waals surface area contributed by atoms with Gasteiger partial charge in [0.25, 0.3) is 10.0 Å². The Balaban J connectivity index is 1.93. The Morgan fingerprint density at radius 3 is 2.52 bits per heavy atom. The number of amides is 1. The maximum Gasteiger partial charge on any atom is 0.263 e. The first-order valence-electron chi connectivity index (χ1n) is 8.20. The number of aryl methyl sites for hydroxylation is 1. The van der Waals surface area contributed by atoms with Crippen molar-refractivity contribution in [2.24, 2.45) is 0 Å². The second kappa shape index (κ2) is 7.58. The minimum Gasteiger partial charge on any atom is -0.494 e. The predicted molar refractivity (Wildman–Crippen MR) is 107 cm³/mol. The average molecular weight is 429 g/mol. The Morgan fingerprint density at radius 2 is 1.89 bits per heavy atom. The number of benzene rings is 2. The Bertz CT molecular complexity index is 1010. The average Bonchev–Trinajstić information content (AvgIpc) is 3.03. The molecule has 27 heavy (non-hydrogen) atoms. The van der Waals surface area contributed by atoms with Crippen LogP contribution in [0.1, 0.15) is 18.4 Å². The van der Waals surface area contributed by atoms with Gasteiger partial charge in [-0.3, -0.25) is 9.52 Å². The molecule has 1 saturated heterocycles. The molecule has 0 spiro atoms. The van der Waals surface area contributed by atoms with Gasteiger partial charge in [-0.2, -0.15) is 0 Å². The minimum atomic E-state index is -3.93. The second-order valence-corrected chi connectivity index (χ2v) is 8.64. The zero-order chi connectivity index (χ0) is 19.8. The highest BCUT2D eigenvalue weighted by Gasteiger charge is 2.25. The van der Waals surface area contributed by atoms with E-state index < -0.39 is 10.0 Å². The van der Waals surface area contributed by atoms with Crippen molar-refractivity contribution in [3.05, 3.63) is 45.9 Å². The van der Waals surface area contributed by atoms with Crippen molar-refractivity contribution in [1.82, 2.24) is 0 Å². The molecule has 1 heterocycles. The number of nitrogens with one attached hydrogen (secondary N) is 1. The van der Waals surface area contributed by atoms with Gasteiger partial charge in [-0.25, -0.2) is 8.42 Å². The van der Waals surface area contributed by atoms with Crippen LogP contribution in [0.25, 0.3) is 0 Å². The Labute approximate surface area is 168 Å². The number of ether oxygens (including phenoxy) is 1. The van der Waals surface area contributed by atoms with Crippen LogP contribution in [0.3, 0.4) is 0 Å². The quantitative estimate of drug-likeness (QED) is 0.772. The molecule has 1 aliphatic heterocycles. The lowest BCUT2D eigenvalue weighted by Gasteiger charge is -2.20. The van der Waals surface area contributed by atoms with Gasteiger partial charge in [-0.05, 0) is 43.2 Å². The lowest BCUT2D eigenvalue weighted by Crippen LogP contribution is -2.24. The van der Waals surface area contributed by atoms with Gasteiger partial charge in [0, 0.05) is 24.1 Å². The van der Waals surface area contributed by atoms with Crippen LogP contribution in [0.2, 0.25) is 10.0 Å². The number of carbonyl (C=O) groups is 1. The van der Waals surface area contributed by atoms with E-state index in [0.29, 0.717) is 40.7 Å². The van der Waals surface area contributed by atoms with E-state index in [2.05, 4.69) is 4.72 Å². The molecule has 9 heteroatoms. The van der Waals surface area contributed by atoms with Crippen molar-refractivity contribution in [1.29, 1.82) is 0 Å². The molecule has 1 amide bonds. The van der Waals surface area contributed by atoms with Crippen LogP contribution in [0.5, 0.6) is 5.75 Å². The molecule has 6 nitrogen and oxygen atoms in total. The standard InChI is InChI=1S/C18H18Cl2N2O4S/c1-11-8-17(14(20)10-13(11)19)27(24,25)21-12-5-6-15(16(9-12)26-2)22-7-3-4-18(22)23/h5-6,8-10,21H,3-4,7H2,1-2H3. The van der Waals surface area contributed by atoms with Gasteiger partial charge < -0.3 is 9.64 Å². The van der Waals surface area contributed by atoms with Gasteiger partial charge in [-0.1, -0.05) is 23.2 Å². The number of halogens is 2. The number of methoxy groups -OCH3 is 1. The summed E-state index contributed by atoms with van der Waals surface area (Å²) in [5, 5.41) is 0.421. The van der Waals surface area contributed by atoms with E-state index in [-0.39, 0.29) is 15.8 Å². The third kappa shape index (κ3) is 4.00. The van der Waals surface area contributed by atoms with Crippen LogP contribution in [0.4, 0.5) is 11.4 Å². The van der Waals surface area contributed by atoms with Crippen molar-refractivity contribution >= 4 is 50.5 Å². The molecule has 0 unspecified atom stereocenters. The molecular weight excluding hydrogens is 411 g/mol. The highest BCUT2D eigenvalue weighted by molar-refractivity contribution is 7.92. The van der Waals surface area contributed by atoms with Gasteiger partial charge in [-0.15, -0.1) is 0 Å². The van der Waals surface area contributed by atoms with E-state index in [1.807, 2.05) is 0 Å². The molecule has 0 bridgehead atoms. The summed E-state index contributed by atoms with van der Waals surface area (Å²) in [4.78, 5) is 13.5. The fourth-order valence-corrected chi connectivity index (χ4v) is 4.80. The van der Waals surface area contributed by atoms with Crippen LogP contribution in [0.15, 0.2) is 35.2 Å². The van der Waals surface area contributed by atoms with E-state index in [1.165, 1.54) is 25.3 Å². The van der Waals surface area contributed by atoms with Crippen molar-refractivity contribution in [3.8, 4) is 5.75 Å². The summed E-state index contributed by atoms with van der Waals surface area (Å²) in [6.45, 7) is 2.31. The predicted octanol–water partition coefficient (Wildman–Crippen LogP) is 4.24. The lowest BCUT2D eigenvalue weighted by atomic mass is 10.2. The summed E-state index contributed by atoms with van der Waals surface area (Å²) in [5.74, 6) is 0.425. The summed E-state index contributed by atoms with van der Waals surface area (Å²) in [6, 6.07) is 7.60. The van der Waals surface area contributed by atoms with Crippen LogP contribution in [-0.4, -0.2) is 28.0 Å². The Kier molecular flexibility index (Phi) is 5.55. The first kappa shape index (κ1) is 19.8. The van der Waals surface area contributed by atoms with Crippen molar-refractivity contribution in [2.75, 3.05) is 23.3 Å². The summed E-state index contributed by atoms with van der Waals surface area (Å²) in [6.07, 6.45) is 1.27. The Morgan fingerprint density at radius 1 is 1.15 bits per heavy atom. The van der Waals surface area contributed by atoms with Crippen molar-refractivity contribution in [2.45, 2.75) is 24.7 Å². The van der Waals surface area contributed by atoms with Crippen LogP contribution >= 0.6 is 23.2 Å².